The summed E-state index contributed by atoms with van der Waals surface area (Å²) in [5.74, 6) is 0. The molecular weight excluding hydrogens is 1570 g/mol. The van der Waals surface area contributed by atoms with E-state index < -0.39 is 0 Å². The number of azo groups is 1. The number of aryl methyl sites for hydroxylation is 1. The summed E-state index contributed by atoms with van der Waals surface area (Å²) in [4.78, 5) is 17.7. The zero-order valence-electron chi connectivity index (χ0n) is 81.8. The van der Waals surface area contributed by atoms with Crippen LogP contribution < -0.4 is 0 Å². The predicted molar refractivity (Wildman–Crippen MR) is 555 cm³/mol. The van der Waals surface area contributed by atoms with Gasteiger partial charge in [-0.1, -0.05) is 411 Å². The zero-order valence-corrected chi connectivity index (χ0v) is 82.6. The van der Waals surface area contributed by atoms with Crippen molar-refractivity contribution in [3.8, 4) is 11.1 Å². The zero-order chi connectivity index (χ0) is 93.0. The molecule has 0 unspecified atom stereocenters. The van der Waals surface area contributed by atoms with Crippen molar-refractivity contribution in [2.75, 3.05) is 0 Å². The molecule has 17 aromatic rings. The van der Waals surface area contributed by atoms with Crippen LogP contribution in [-0.4, -0.2) is 28.7 Å². The fourth-order valence-electron chi connectivity index (χ4n) is 15.9. The number of rotatable bonds is 0. The number of aromatic nitrogens is 6. The molecule has 5 aromatic heterocycles. The van der Waals surface area contributed by atoms with Crippen LogP contribution >= 0.6 is 11.7 Å². The van der Waals surface area contributed by atoms with Gasteiger partial charge in [0, 0.05) is 51.4 Å². The first-order chi connectivity index (χ1) is 60.1. The Labute approximate surface area is 770 Å². The third-order valence-corrected chi connectivity index (χ3v) is 23.9. The van der Waals surface area contributed by atoms with Gasteiger partial charge in [0.2, 0.25) is 0 Å². The van der Waals surface area contributed by atoms with E-state index in [1.165, 1.54) is 133 Å². The summed E-state index contributed by atoms with van der Waals surface area (Å²) in [6.45, 7) is 63.1. The molecule has 0 bridgehead atoms. The lowest BCUT2D eigenvalue weighted by Crippen LogP contribution is -2.13. The maximum Gasteiger partial charge on any atom is 0.108 e. The second-order valence-electron chi connectivity index (χ2n) is 43.2. The van der Waals surface area contributed by atoms with E-state index in [2.05, 4.69) is 475 Å². The van der Waals surface area contributed by atoms with E-state index in [0.717, 1.165) is 57.4 Å². The van der Waals surface area contributed by atoms with Gasteiger partial charge in [0.15, 0.2) is 0 Å². The van der Waals surface area contributed by atoms with Gasteiger partial charge in [-0.25, -0.2) is 0 Å². The summed E-state index contributed by atoms with van der Waals surface area (Å²) in [5, 5.41) is 18.4. The van der Waals surface area contributed by atoms with Gasteiger partial charge < -0.3 is 0 Å². The van der Waals surface area contributed by atoms with Crippen LogP contribution in [0.2, 0.25) is 0 Å². The van der Waals surface area contributed by atoms with Gasteiger partial charge in [0.1, 0.15) is 11.0 Å². The van der Waals surface area contributed by atoms with Crippen molar-refractivity contribution in [2.45, 2.75) is 256 Å². The van der Waals surface area contributed by atoms with Crippen LogP contribution in [0.25, 0.3) is 87.3 Å². The largest absolute Gasteiger partial charge is 0.256 e. The van der Waals surface area contributed by atoms with Crippen molar-refractivity contribution in [3.63, 3.8) is 0 Å². The highest BCUT2D eigenvalue weighted by atomic mass is 32.1. The molecule has 0 fully saturated rings. The van der Waals surface area contributed by atoms with Gasteiger partial charge in [-0.15, -0.1) is 0 Å². The normalized spacial score (nSPS) is 12.4. The third-order valence-electron chi connectivity index (χ3n) is 23.4. The lowest BCUT2D eigenvalue weighted by atomic mass is 9.82. The third kappa shape index (κ3) is 25.6. The molecule has 0 radical (unpaired) electrons. The molecule has 128 heavy (non-hydrogen) atoms. The van der Waals surface area contributed by atoms with Crippen molar-refractivity contribution in [1.29, 1.82) is 0 Å². The quantitative estimate of drug-likeness (QED) is 0.150. The van der Waals surface area contributed by atoms with Crippen LogP contribution in [0.4, 0.5) is 5.69 Å². The first kappa shape index (κ1) is 96.8. The minimum Gasteiger partial charge on any atom is -0.256 e. The first-order valence-corrected chi connectivity index (χ1v) is 46.2. The summed E-state index contributed by atoms with van der Waals surface area (Å²) < 4.78 is 8.54. The van der Waals surface area contributed by atoms with Crippen LogP contribution in [0.15, 0.2) is 314 Å². The number of hydrogen-bond acceptors (Lipinski definition) is 9. The number of para-hydroxylation sites is 2. The van der Waals surface area contributed by atoms with E-state index in [9.17, 15) is 0 Å². The van der Waals surface area contributed by atoms with Gasteiger partial charge >= 0.3 is 0 Å². The summed E-state index contributed by atoms with van der Waals surface area (Å²) in [7, 11) is 0. The van der Waals surface area contributed by atoms with Gasteiger partial charge in [-0.05, 0) is 217 Å². The number of fused-ring (bicyclic) bond motifs is 11. The molecule has 6 heterocycles. The van der Waals surface area contributed by atoms with Crippen LogP contribution in [0.5, 0.6) is 0 Å². The lowest BCUT2D eigenvalue weighted by molar-refractivity contribution is 0.585. The first-order valence-electron chi connectivity index (χ1n) is 45.4. The standard InChI is InChI=1S/C17H18.C14H17N.2C14H16.3C13H15N.C11H14N2.C10H12N2S/c1-17(2,3)16-10-6-9-14-13-8-5-4-7-12(13)11-15(14)16;1-10-8-9-11-6-5-7-12(13(11)15-10)14(2,3)4;1-14(2,3)13-10-6-8-11-7-4-5-9-12(11)13;1-14(2,3)13-9-8-11-6-4-5-7-12(11)10-13;1-13(2,3)11-7-4-8-12-10(11)6-5-9-14-12;1-13(2,3)11-6-7-12-10(9-11)5-4-8-14-12;1-13(2,3)11-8-10-6-4-5-7-12(10)14-9-11;1-11(2,3)9-5-4-8-7-12-13-10(8)6-9;1-10(2,3)7-5-4-6-8-9(7)12-13-11-8/h4-10H,11H2,1-3H3;5-9H,1-4H3;2*4-10H,1-3H3;3*4-9H,1-3H3;4-6H,7H2,1-3H3;4-6H,1-3H3. The topological polar surface area (TPSA) is 102 Å². The van der Waals surface area contributed by atoms with E-state index in [1.54, 1.807) is 0 Å². The highest BCUT2D eigenvalue weighted by Gasteiger charge is 2.27. The van der Waals surface area contributed by atoms with Crippen molar-refractivity contribution in [1.82, 2.24) is 28.7 Å². The highest BCUT2D eigenvalue weighted by molar-refractivity contribution is 7.00. The highest BCUT2D eigenvalue weighted by Crippen LogP contribution is 2.43. The average Bonchev–Trinajstić information content (AvgIpc) is 1.62. The van der Waals surface area contributed by atoms with Crippen molar-refractivity contribution < 1.29 is 0 Å². The number of pyridine rings is 4. The Morgan fingerprint density at radius 3 is 1.32 bits per heavy atom. The molecule has 0 saturated heterocycles. The van der Waals surface area contributed by atoms with Gasteiger partial charge in [0.05, 0.1) is 46.0 Å². The minimum absolute atomic E-state index is 0.148. The summed E-state index contributed by atoms with van der Waals surface area (Å²) in [6.07, 6.45) is 6.75. The SMILES string of the molecule is CC(C)(C)c1ccc2c(c1)N=NC2.CC(C)(C)c1ccc2ccccc2c1.CC(C)(C)c1ccc2ncccc2c1.CC(C)(C)c1cccc2c1Cc1ccccc1-2.CC(C)(C)c1cccc2ccccc12.CC(C)(C)c1cccc2ncccc12.CC(C)(C)c1cccc2nsnc12.CC(C)(C)c1cnc2ccccc2c1.Cc1ccc2cccc(C(C)(C)C)c2n1. The molecule has 0 saturated carbocycles. The van der Waals surface area contributed by atoms with E-state index in [-0.39, 0.29) is 48.7 Å². The van der Waals surface area contributed by atoms with Gasteiger partial charge in [0.25, 0.3) is 0 Å². The molecule has 8 nitrogen and oxygen atoms in total. The second-order valence-corrected chi connectivity index (χ2v) is 43.7. The Bertz CT molecular complexity index is 6330. The number of benzene rings is 12. The number of hydrogen-bond donors (Lipinski definition) is 0. The second kappa shape index (κ2) is 40.3. The van der Waals surface area contributed by atoms with Gasteiger partial charge in [-0.3, -0.25) is 19.9 Å². The maximum absolute atomic E-state index is 4.64. The molecule has 0 N–H and O–H groups in total. The molecule has 1 aliphatic carbocycles. The van der Waals surface area contributed by atoms with Crippen molar-refractivity contribution in [2.24, 2.45) is 10.2 Å². The number of nitrogens with zero attached hydrogens (tertiary/aromatic N) is 8. The molecule has 660 valence electrons. The molecule has 19 rings (SSSR count). The Kier molecular flexibility index (Phi) is 30.5. The Hall–Kier alpha value is -11.8. The molecule has 0 atom stereocenters. The predicted octanol–water partition coefficient (Wildman–Crippen LogP) is 33.8. The molecule has 2 aliphatic rings. The molecule has 0 amide bonds. The fraction of sp³-hybridized carbons (Fsp3) is 0.328. The van der Waals surface area contributed by atoms with E-state index in [1.807, 2.05) is 61.9 Å². The van der Waals surface area contributed by atoms with E-state index >= 15 is 0 Å². The molecule has 12 aromatic carbocycles. The molecule has 0 spiro atoms. The Balaban J connectivity index is 0.000000140. The van der Waals surface area contributed by atoms with Gasteiger partial charge in [-0.2, -0.15) is 19.0 Å². The smallest absolute Gasteiger partial charge is 0.108 e. The summed E-state index contributed by atoms with van der Waals surface area (Å²) in [5.41, 5.74) is 29.7. The molecule has 9 heteroatoms. The van der Waals surface area contributed by atoms with Crippen LogP contribution in [0.3, 0.4) is 0 Å². The lowest BCUT2D eigenvalue weighted by Gasteiger charge is -2.22. The monoisotopic (exact) mass is 1710 g/mol. The van der Waals surface area contributed by atoms with Crippen LogP contribution in [0.1, 0.15) is 259 Å². The maximum atomic E-state index is 4.64. The average molecular weight is 1710 g/mol. The van der Waals surface area contributed by atoms with E-state index in [0.29, 0.717) is 0 Å². The molecule has 1 aliphatic heterocycles. The minimum atomic E-state index is 0.148. The molecular formula is C119H138N8S. The summed E-state index contributed by atoms with van der Waals surface area (Å²) in [6, 6.07) is 101. The Morgan fingerprint density at radius 1 is 0.266 bits per heavy atom. The van der Waals surface area contributed by atoms with E-state index in [4.69, 9.17) is 0 Å². The van der Waals surface area contributed by atoms with Crippen molar-refractivity contribution in [3.05, 3.63) is 376 Å². The van der Waals surface area contributed by atoms with Crippen molar-refractivity contribution >= 4 is 93.6 Å². The fourth-order valence-corrected chi connectivity index (χ4v) is 16.4. The van der Waals surface area contributed by atoms with Crippen LogP contribution in [0, 0.1) is 6.92 Å². The summed E-state index contributed by atoms with van der Waals surface area (Å²) >= 11 is 1.28. The van der Waals surface area contributed by atoms with Crippen LogP contribution in [-0.2, 0) is 61.7 Å². The Morgan fingerprint density at radius 2 is 0.688 bits per heavy atom.